The van der Waals surface area contributed by atoms with Crippen LogP contribution >= 0.6 is 11.8 Å². The molecule has 0 spiro atoms. The molecule has 2 rings (SSSR count). The van der Waals surface area contributed by atoms with Crippen LogP contribution in [-0.2, 0) is 17.9 Å². The number of rotatable bonds is 9. The van der Waals surface area contributed by atoms with E-state index < -0.39 is 0 Å². The first-order valence-corrected chi connectivity index (χ1v) is 9.57. The third-order valence-electron chi connectivity index (χ3n) is 3.58. The van der Waals surface area contributed by atoms with E-state index in [1.807, 2.05) is 30.0 Å². The SMILES string of the molecule is CCNC(=NCc1ccccc1COC)NCCSc1ccccc1. The number of guanidine groups is 1. The molecule has 4 nitrogen and oxygen atoms in total. The fourth-order valence-electron chi connectivity index (χ4n) is 2.37. The Bertz CT molecular complexity index is 646. The predicted molar refractivity (Wildman–Crippen MR) is 107 cm³/mol. The Morgan fingerprint density at radius 1 is 1.00 bits per heavy atom. The second kappa shape index (κ2) is 11.6. The van der Waals surface area contributed by atoms with Crippen LogP contribution in [0, 0.1) is 0 Å². The molecule has 2 aromatic carbocycles. The van der Waals surface area contributed by atoms with Gasteiger partial charge in [0.05, 0.1) is 13.2 Å². The van der Waals surface area contributed by atoms with Crippen LogP contribution in [0.1, 0.15) is 18.1 Å². The molecular formula is C20H27N3OS. The molecule has 5 heteroatoms. The Kier molecular flexibility index (Phi) is 8.94. The lowest BCUT2D eigenvalue weighted by molar-refractivity contribution is 0.184. The van der Waals surface area contributed by atoms with Gasteiger partial charge in [0.15, 0.2) is 5.96 Å². The van der Waals surface area contributed by atoms with Crippen molar-refractivity contribution in [2.75, 3.05) is 26.0 Å². The Hall–Kier alpha value is -1.98. The van der Waals surface area contributed by atoms with E-state index >= 15 is 0 Å². The smallest absolute Gasteiger partial charge is 0.191 e. The van der Waals surface area contributed by atoms with Gasteiger partial charge in [-0.05, 0) is 30.2 Å². The van der Waals surface area contributed by atoms with Crippen molar-refractivity contribution in [2.45, 2.75) is 25.0 Å². The third-order valence-corrected chi connectivity index (χ3v) is 4.59. The highest BCUT2D eigenvalue weighted by atomic mass is 32.2. The molecule has 0 heterocycles. The summed E-state index contributed by atoms with van der Waals surface area (Å²) in [6, 6.07) is 18.7. The van der Waals surface area contributed by atoms with Crippen LogP contribution in [0.15, 0.2) is 64.5 Å². The molecule has 0 aromatic heterocycles. The van der Waals surface area contributed by atoms with Gasteiger partial charge >= 0.3 is 0 Å². The van der Waals surface area contributed by atoms with Gasteiger partial charge in [-0.25, -0.2) is 4.99 Å². The zero-order valence-corrected chi connectivity index (χ0v) is 15.8. The van der Waals surface area contributed by atoms with E-state index in [4.69, 9.17) is 9.73 Å². The van der Waals surface area contributed by atoms with Gasteiger partial charge in [-0.1, -0.05) is 42.5 Å². The van der Waals surface area contributed by atoms with E-state index in [2.05, 4.69) is 54.0 Å². The van der Waals surface area contributed by atoms with Gasteiger partial charge in [-0.15, -0.1) is 11.8 Å². The molecule has 0 unspecified atom stereocenters. The first-order chi connectivity index (χ1) is 12.3. The summed E-state index contributed by atoms with van der Waals surface area (Å²) in [6.07, 6.45) is 0. The van der Waals surface area contributed by atoms with Crippen molar-refractivity contribution in [3.63, 3.8) is 0 Å². The van der Waals surface area contributed by atoms with E-state index in [0.29, 0.717) is 13.2 Å². The monoisotopic (exact) mass is 357 g/mol. The lowest BCUT2D eigenvalue weighted by Gasteiger charge is -2.12. The van der Waals surface area contributed by atoms with E-state index in [9.17, 15) is 0 Å². The molecule has 0 amide bonds. The molecule has 0 aliphatic rings. The second-order valence-corrected chi connectivity index (χ2v) is 6.65. The van der Waals surface area contributed by atoms with Crippen molar-refractivity contribution >= 4 is 17.7 Å². The van der Waals surface area contributed by atoms with Crippen LogP contribution < -0.4 is 10.6 Å². The summed E-state index contributed by atoms with van der Waals surface area (Å²) in [5, 5.41) is 6.70. The standard InChI is InChI=1S/C20H27N3OS/c1-3-21-20(22-13-14-25-19-11-5-4-6-12-19)23-15-17-9-7-8-10-18(17)16-24-2/h4-12H,3,13-16H2,1-2H3,(H2,21,22,23). The van der Waals surface area contributed by atoms with Gasteiger partial charge in [-0.3, -0.25) is 0 Å². The average Bonchev–Trinajstić information content (AvgIpc) is 2.65. The number of hydrogen-bond acceptors (Lipinski definition) is 3. The van der Waals surface area contributed by atoms with Crippen LogP contribution in [0.3, 0.4) is 0 Å². The molecule has 2 aromatic rings. The quantitative estimate of drug-likeness (QED) is 0.311. The summed E-state index contributed by atoms with van der Waals surface area (Å²) < 4.78 is 5.26. The molecule has 25 heavy (non-hydrogen) atoms. The second-order valence-electron chi connectivity index (χ2n) is 5.49. The van der Waals surface area contributed by atoms with E-state index in [1.54, 1.807) is 7.11 Å². The van der Waals surface area contributed by atoms with E-state index in [-0.39, 0.29) is 0 Å². The predicted octanol–water partition coefficient (Wildman–Crippen LogP) is 3.68. The van der Waals surface area contributed by atoms with Crippen molar-refractivity contribution in [3.05, 3.63) is 65.7 Å². The maximum atomic E-state index is 5.26. The van der Waals surface area contributed by atoms with Crippen molar-refractivity contribution in [3.8, 4) is 0 Å². The molecule has 0 radical (unpaired) electrons. The highest BCUT2D eigenvalue weighted by Crippen LogP contribution is 2.15. The van der Waals surface area contributed by atoms with Crippen LogP contribution in [-0.4, -0.2) is 31.9 Å². The molecule has 0 fully saturated rings. The highest BCUT2D eigenvalue weighted by Gasteiger charge is 2.02. The summed E-state index contributed by atoms with van der Waals surface area (Å²) in [5.41, 5.74) is 2.38. The third kappa shape index (κ3) is 7.20. The topological polar surface area (TPSA) is 45.7 Å². The first kappa shape index (κ1) is 19.3. The minimum Gasteiger partial charge on any atom is -0.380 e. The molecule has 134 valence electrons. The Morgan fingerprint density at radius 2 is 1.72 bits per heavy atom. The lowest BCUT2D eigenvalue weighted by atomic mass is 10.1. The molecular weight excluding hydrogens is 330 g/mol. The molecule has 0 atom stereocenters. The van der Waals surface area contributed by atoms with Crippen LogP contribution in [0.25, 0.3) is 0 Å². The molecule has 0 saturated heterocycles. The van der Waals surface area contributed by atoms with Gasteiger partial charge in [0.1, 0.15) is 0 Å². The maximum Gasteiger partial charge on any atom is 0.191 e. The Labute approximate surface area is 155 Å². The minimum atomic E-state index is 0.614. The summed E-state index contributed by atoms with van der Waals surface area (Å²) in [7, 11) is 1.72. The van der Waals surface area contributed by atoms with E-state index in [1.165, 1.54) is 16.0 Å². The molecule has 0 bridgehead atoms. The number of thioether (sulfide) groups is 1. The number of hydrogen-bond donors (Lipinski definition) is 2. The van der Waals surface area contributed by atoms with Crippen LogP contribution in [0.5, 0.6) is 0 Å². The summed E-state index contributed by atoms with van der Waals surface area (Å²) in [6.45, 7) is 5.04. The van der Waals surface area contributed by atoms with Crippen molar-refractivity contribution in [2.24, 2.45) is 4.99 Å². The number of benzene rings is 2. The van der Waals surface area contributed by atoms with Gasteiger partial charge in [0.2, 0.25) is 0 Å². The largest absolute Gasteiger partial charge is 0.380 e. The highest BCUT2D eigenvalue weighted by molar-refractivity contribution is 7.99. The zero-order valence-electron chi connectivity index (χ0n) is 15.0. The fourth-order valence-corrected chi connectivity index (χ4v) is 3.16. The Morgan fingerprint density at radius 3 is 2.44 bits per heavy atom. The van der Waals surface area contributed by atoms with Crippen LogP contribution in [0.2, 0.25) is 0 Å². The van der Waals surface area contributed by atoms with Crippen molar-refractivity contribution in [1.29, 1.82) is 0 Å². The number of nitrogens with one attached hydrogen (secondary N) is 2. The van der Waals surface area contributed by atoms with Crippen LogP contribution in [0.4, 0.5) is 0 Å². The molecule has 0 aliphatic carbocycles. The normalized spacial score (nSPS) is 11.4. The average molecular weight is 358 g/mol. The molecule has 0 saturated carbocycles. The number of methoxy groups -OCH3 is 1. The maximum absolute atomic E-state index is 5.26. The zero-order chi connectivity index (χ0) is 17.7. The first-order valence-electron chi connectivity index (χ1n) is 8.59. The number of aliphatic imine (C=N–C) groups is 1. The van der Waals surface area contributed by atoms with E-state index in [0.717, 1.165) is 24.8 Å². The summed E-state index contributed by atoms with van der Waals surface area (Å²) in [4.78, 5) is 5.99. The lowest BCUT2D eigenvalue weighted by Crippen LogP contribution is -2.38. The minimum absolute atomic E-state index is 0.614. The number of ether oxygens (including phenoxy) is 1. The molecule has 0 aliphatic heterocycles. The Balaban J connectivity index is 1.85. The van der Waals surface area contributed by atoms with Gasteiger partial charge < -0.3 is 15.4 Å². The van der Waals surface area contributed by atoms with Gasteiger partial charge in [0, 0.05) is 30.8 Å². The van der Waals surface area contributed by atoms with Gasteiger partial charge in [-0.2, -0.15) is 0 Å². The summed E-state index contributed by atoms with van der Waals surface area (Å²) >= 11 is 1.84. The fraction of sp³-hybridized carbons (Fsp3) is 0.350. The number of nitrogens with zero attached hydrogens (tertiary/aromatic N) is 1. The molecule has 2 N–H and O–H groups in total. The van der Waals surface area contributed by atoms with Gasteiger partial charge in [0.25, 0.3) is 0 Å². The van der Waals surface area contributed by atoms with Crippen molar-refractivity contribution < 1.29 is 4.74 Å². The summed E-state index contributed by atoms with van der Waals surface area (Å²) in [5.74, 6) is 1.85. The van der Waals surface area contributed by atoms with Crippen molar-refractivity contribution in [1.82, 2.24) is 10.6 Å².